The van der Waals surface area contributed by atoms with Crippen LogP contribution in [0.4, 0.5) is 0 Å². The second-order valence-electron chi connectivity index (χ2n) is 3.22. The molecule has 0 aromatic carbocycles. The molecule has 0 radical (unpaired) electrons. The largest absolute Gasteiger partial charge is 0.465 e. The van der Waals surface area contributed by atoms with Crippen molar-refractivity contribution < 1.29 is 13.9 Å². The minimum Gasteiger partial charge on any atom is -0.465 e. The average Bonchev–Trinajstić information content (AvgIpc) is 2.74. The lowest BCUT2D eigenvalue weighted by molar-refractivity contribution is -0.137. The van der Waals surface area contributed by atoms with E-state index in [0.717, 1.165) is 19.3 Å². The number of unbranched alkanes of at least 4 members (excludes halogenated alkanes) is 2. The molecule has 0 aliphatic rings. The number of carbonyl (C=O) groups excluding carboxylic acids is 1. The van der Waals surface area contributed by atoms with Gasteiger partial charge in [0.1, 0.15) is 5.76 Å². The topological polar surface area (TPSA) is 39.4 Å². The van der Waals surface area contributed by atoms with Crippen molar-refractivity contribution in [1.82, 2.24) is 0 Å². The molecule has 0 saturated carbocycles. The Morgan fingerprint density at radius 1 is 1.53 bits per heavy atom. The molecule has 15 heavy (non-hydrogen) atoms. The van der Waals surface area contributed by atoms with Crippen molar-refractivity contribution in [3.05, 3.63) is 30.2 Å². The molecule has 0 spiro atoms. The van der Waals surface area contributed by atoms with E-state index in [-0.39, 0.29) is 5.97 Å². The fourth-order valence-corrected chi connectivity index (χ4v) is 1.11. The average molecular weight is 208 g/mol. The van der Waals surface area contributed by atoms with E-state index < -0.39 is 0 Å². The van der Waals surface area contributed by atoms with Crippen molar-refractivity contribution in [3.63, 3.8) is 0 Å². The van der Waals surface area contributed by atoms with Crippen molar-refractivity contribution in [2.75, 3.05) is 6.61 Å². The van der Waals surface area contributed by atoms with E-state index in [1.54, 1.807) is 24.5 Å². The number of esters is 1. The Kier molecular flexibility index (Phi) is 5.30. The van der Waals surface area contributed by atoms with E-state index in [2.05, 4.69) is 6.92 Å². The summed E-state index contributed by atoms with van der Waals surface area (Å²) in [5.74, 6) is 0.336. The van der Waals surface area contributed by atoms with Gasteiger partial charge >= 0.3 is 5.97 Å². The zero-order chi connectivity index (χ0) is 10.9. The summed E-state index contributed by atoms with van der Waals surface area (Å²) < 4.78 is 10.0. The van der Waals surface area contributed by atoms with Crippen LogP contribution in [0.1, 0.15) is 31.9 Å². The molecule has 0 N–H and O–H groups in total. The van der Waals surface area contributed by atoms with Crippen molar-refractivity contribution in [2.24, 2.45) is 0 Å². The molecule has 0 unspecified atom stereocenters. The molecule has 0 saturated heterocycles. The van der Waals surface area contributed by atoms with Gasteiger partial charge in [0.25, 0.3) is 0 Å². The van der Waals surface area contributed by atoms with Crippen LogP contribution in [0.3, 0.4) is 0 Å². The quantitative estimate of drug-likeness (QED) is 0.410. The third-order valence-corrected chi connectivity index (χ3v) is 1.92. The van der Waals surface area contributed by atoms with Crippen LogP contribution in [0.2, 0.25) is 0 Å². The zero-order valence-electron chi connectivity index (χ0n) is 8.94. The van der Waals surface area contributed by atoms with Crippen LogP contribution in [-0.4, -0.2) is 12.6 Å². The Labute approximate surface area is 89.7 Å². The summed E-state index contributed by atoms with van der Waals surface area (Å²) in [5, 5.41) is 0. The van der Waals surface area contributed by atoms with Gasteiger partial charge in [-0.25, -0.2) is 4.79 Å². The van der Waals surface area contributed by atoms with Gasteiger partial charge in [0, 0.05) is 6.08 Å². The summed E-state index contributed by atoms with van der Waals surface area (Å²) in [6.07, 6.45) is 7.69. The van der Waals surface area contributed by atoms with Crippen LogP contribution >= 0.6 is 0 Å². The Balaban J connectivity index is 2.18. The molecule has 3 heteroatoms. The predicted octanol–water partition coefficient (Wildman–Crippen LogP) is 3.03. The number of ether oxygens (including phenoxy) is 1. The predicted molar refractivity (Wildman–Crippen MR) is 58.2 cm³/mol. The minimum atomic E-state index is -0.317. The lowest BCUT2D eigenvalue weighted by Gasteiger charge is -1.99. The van der Waals surface area contributed by atoms with Crippen LogP contribution in [0.25, 0.3) is 6.08 Å². The van der Waals surface area contributed by atoms with Crippen LogP contribution in [-0.2, 0) is 9.53 Å². The molecule has 0 atom stereocenters. The summed E-state index contributed by atoms with van der Waals surface area (Å²) >= 11 is 0. The summed E-state index contributed by atoms with van der Waals surface area (Å²) in [6, 6.07) is 3.55. The van der Waals surface area contributed by atoms with Crippen LogP contribution in [0.15, 0.2) is 28.9 Å². The Bertz CT molecular complexity index is 299. The molecule has 1 heterocycles. The number of rotatable bonds is 6. The molecule has 0 aliphatic carbocycles. The Morgan fingerprint density at radius 2 is 2.40 bits per heavy atom. The van der Waals surface area contributed by atoms with E-state index in [4.69, 9.17) is 9.15 Å². The van der Waals surface area contributed by atoms with Gasteiger partial charge in [-0.15, -0.1) is 0 Å². The maximum Gasteiger partial charge on any atom is 0.330 e. The van der Waals surface area contributed by atoms with Crippen molar-refractivity contribution in [2.45, 2.75) is 26.2 Å². The van der Waals surface area contributed by atoms with Crippen molar-refractivity contribution in [3.8, 4) is 0 Å². The highest BCUT2D eigenvalue weighted by Crippen LogP contribution is 2.02. The summed E-state index contributed by atoms with van der Waals surface area (Å²) in [5.41, 5.74) is 0. The van der Waals surface area contributed by atoms with Crippen molar-refractivity contribution in [1.29, 1.82) is 0 Å². The van der Waals surface area contributed by atoms with E-state index in [0.29, 0.717) is 12.4 Å². The minimum absolute atomic E-state index is 0.317. The fraction of sp³-hybridized carbons (Fsp3) is 0.417. The molecule has 1 aromatic rings. The first kappa shape index (κ1) is 11.6. The van der Waals surface area contributed by atoms with E-state index in [1.807, 2.05) is 0 Å². The number of carbonyl (C=O) groups is 1. The standard InChI is InChI=1S/C12H16O3/c1-2-3-4-9-15-12(13)8-7-11-6-5-10-14-11/h5-8,10H,2-4,9H2,1H3. The first-order chi connectivity index (χ1) is 7.33. The number of hydrogen-bond acceptors (Lipinski definition) is 3. The third-order valence-electron chi connectivity index (χ3n) is 1.92. The molecule has 0 fully saturated rings. The molecular formula is C12H16O3. The van der Waals surface area contributed by atoms with Gasteiger partial charge in [-0.1, -0.05) is 19.8 Å². The molecule has 0 bridgehead atoms. The molecule has 1 aromatic heterocycles. The second-order valence-corrected chi connectivity index (χ2v) is 3.22. The van der Waals surface area contributed by atoms with Gasteiger partial charge in [0.05, 0.1) is 12.9 Å². The van der Waals surface area contributed by atoms with Crippen LogP contribution in [0, 0.1) is 0 Å². The molecular weight excluding hydrogens is 192 g/mol. The van der Waals surface area contributed by atoms with Gasteiger partial charge in [0.15, 0.2) is 0 Å². The summed E-state index contributed by atoms with van der Waals surface area (Å²) in [7, 11) is 0. The summed E-state index contributed by atoms with van der Waals surface area (Å²) in [6.45, 7) is 2.60. The van der Waals surface area contributed by atoms with Gasteiger partial charge < -0.3 is 9.15 Å². The Hall–Kier alpha value is -1.51. The smallest absolute Gasteiger partial charge is 0.330 e. The second kappa shape index (κ2) is 6.87. The van der Waals surface area contributed by atoms with E-state index >= 15 is 0 Å². The SMILES string of the molecule is CCCCCOC(=O)C=Cc1ccco1. The maximum absolute atomic E-state index is 11.2. The van der Waals surface area contributed by atoms with Gasteiger partial charge in [-0.2, -0.15) is 0 Å². The first-order valence-electron chi connectivity index (χ1n) is 5.21. The lowest BCUT2D eigenvalue weighted by atomic mass is 10.3. The van der Waals surface area contributed by atoms with Crippen molar-refractivity contribution >= 4 is 12.0 Å². The highest BCUT2D eigenvalue weighted by Gasteiger charge is 1.96. The normalized spacial score (nSPS) is 10.7. The fourth-order valence-electron chi connectivity index (χ4n) is 1.11. The van der Waals surface area contributed by atoms with E-state index in [1.165, 1.54) is 6.08 Å². The molecule has 0 aliphatic heterocycles. The maximum atomic E-state index is 11.2. The van der Waals surface area contributed by atoms with Crippen LogP contribution < -0.4 is 0 Å². The number of furan rings is 1. The molecule has 0 amide bonds. The van der Waals surface area contributed by atoms with Gasteiger partial charge in [-0.3, -0.25) is 0 Å². The van der Waals surface area contributed by atoms with Crippen LogP contribution in [0.5, 0.6) is 0 Å². The number of hydrogen-bond donors (Lipinski definition) is 0. The van der Waals surface area contributed by atoms with E-state index in [9.17, 15) is 4.79 Å². The summed E-state index contributed by atoms with van der Waals surface area (Å²) in [4.78, 5) is 11.2. The highest BCUT2D eigenvalue weighted by molar-refractivity contribution is 5.86. The molecule has 1 rings (SSSR count). The van der Waals surface area contributed by atoms with Gasteiger partial charge in [-0.05, 0) is 24.6 Å². The Morgan fingerprint density at radius 3 is 3.07 bits per heavy atom. The monoisotopic (exact) mass is 208 g/mol. The van der Waals surface area contributed by atoms with Gasteiger partial charge in [0.2, 0.25) is 0 Å². The zero-order valence-corrected chi connectivity index (χ0v) is 8.94. The molecule has 82 valence electrons. The third kappa shape index (κ3) is 5.05. The molecule has 3 nitrogen and oxygen atoms in total. The first-order valence-corrected chi connectivity index (χ1v) is 5.21. The lowest BCUT2D eigenvalue weighted by Crippen LogP contribution is -2.01. The highest BCUT2D eigenvalue weighted by atomic mass is 16.5.